The Balaban J connectivity index is 2.12. The minimum Gasteiger partial charge on any atom is -0.340 e. The summed E-state index contributed by atoms with van der Waals surface area (Å²) in [7, 11) is 1.58. The molecular formula is C15H19ClF3N5O. The molecule has 0 aliphatic carbocycles. The molecule has 0 atom stereocenters. The molecule has 10 heteroatoms. The number of carbonyl (C=O) groups excluding carboxylic acids is 1. The van der Waals surface area contributed by atoms with Crippen LogP contribution in [0.5, 0.6) is 0 Å². The predicted octanol–water partition coefficient (Wildman–Crippen LogP) is 3.05. The van der Waals surface area contributed by atoms with Gasteiger partial charge in [-0.1, -0.05) is 11.6 Å². The number of aromatic nitrogens is 4. The van der Waals surface area contributed by atoms with Gasteiger partial charge in [0, 0.05) is 31.4 Å². The van der Waals surface area contributed by atoms with E-state index in [1.165, 1.54) is 11.8 Å². The van der Waals surface area contributed by atoms with E-state index in [1.54, 1.807) is 17.9 Å². The van der Waals surface area contributed by atoms with Crippen LogP contribution in [0.4, 0.5) is 13.2 Å². The lowest BCUT2D eigenvalue weighted by Gasteiger charge is -2.17. The van der Waals surface area contributed by atoms with E-state index in [0.717, 1.165) is 15.9 Å². The highest BCUT2D eigenvalue weighted by atomic mass is 35.5. The molecule has 0 saturated carbocycles. The first-order valence-electron chi connectivity index (χ1n) is 7.61. The summed E-state index contributed by atoms with van der Waals surface area (Å²) in [4.78, 5) is 13.8. The molecule has 2 aromatic heterocycles. The van der Waals surface area contributed by atoms with Gasteiger partial charge in [-0.15, -0.1) is 0 Å². The predicted molar refractivity (Wildman–Crippen MR) is 86.1 cm³/mol. The van der Waals surface area contributed by atoms with Gasteiger partial charge in [0.15, 0.2) is 5.69 Å². The first kappa shape index (κ1) is 19.3. The van der Waals surface area contributed by atoms with E-state index in [9.17, 15) is 18.0 Å². The van der Waals surface area contributed by atoms with E-state index in [0.29, 0.717) is 13.1 Å². The molecule has 0 fully saturated rings. The van der Waals surface area contributed by atoms with Crippen LogP contribution in [0.1, 0.15) is 29.6 Å². The molecule has 2 aromatic rings. The number of hydrogen-bond donors (Lipinski definition) is 0. The first-order valence-corrected chi connectivity index (χ1v) is 7.99. The fourth-order valence-corrected chi connectivity index (χ4v) is 2.65. The fourth-order valence-electron chi connectivity index (χ4n) is 2.41. The maximum atomic E-state index is 12.8. The Morgan fingerprint density at radius 3 is 2.40 bits per heavy atom. The van der Waals surface area contributed by atoms with Crippen LogP contribution < -0.4 is 0 Å². The van der Waals surface area contributed by atoms with Crippen molar-refractivity contribution in [2.24, 2.45) is 0 Å². The number of rotatable bonds is 5. The third-order valence-corrected chi connectivity index (χ3v) is 4.48. The number of halogens is 4. The molecule has 0 saturated heterocycles. The van der Waals surface area contributed by atoms with Crippen molar-refractivity contribution in [2.45, 2.75) is 46.6 Å². The van der Waals surface area contributed by atoms with Crippen LogP contribution in [-0.2, 0) is 30.6 Å². The van der Waals surface area contributed by atoms with Crippen LogP contribution in [0.15, 0.2) is 6.20 Å². The van der Waals surface area contributed by atoms with Gasteiger partial charge >= 0.3 is 6.18 Å². The molecule has 25 heavy (non-hydrogen) atoms. The van der Waals surface area contributed by atoms with Crippen molar-refractivity contribution < 1.29 is 18.0 Å². The number of aryl methyl sites for hydroxylation is 1. The van der Waals surface area contributed by atoms with Gasteiger partial charge in [0.25, 0.3) is 0 Å². The largest absolute Gasteiger partial charge is 0.436 e. The van der Waals surface area contributed by atoms with Crippen molar-refractivity contribution in [3.63, 3.8) is 0 Å². The average molecular weight is 378 g/mol. The smallest absolute Gasteiger partial charge is 0.340 e. The standard InChI is InChI=1S/C15H19ClF3N5O/c1-5-23-9(2)11(6-20-23)7-22(4)12(25)8-24-10(3)13(16)14(21-24)15(17,18)19/h6H,5,7-8H2,1-4H3. The van der Waals surface area contributed by atoms with E-state index in [4.69, 9.17) is 11.6 Å². The zero-order chi connectivity index (χ0) is 18.9. The Morgan fingerprint density at radius 1 is 1.28 bits per heavy atom. The number of nitrogens with zero attached hydrogens (tertiary/aromatic N) is 5. The molecule has 0 bridgehead atoms. The van der Waals surface area contributed by atoms with Crippen LogP contribution in [0.2, 0.25) is 5.02 Å². The highest BCUT2D eigenvalue weighted by Gasteiger charge is 2.38. The molecular weight excluding hydrogens is 359 g/mol. The molecule has 138 valence electrons. The number of likely N-dealkylation sites (N-methyl/N-ethyl adjacent to an activating group) is 1. The van der Waals surface area contributed by atoms with Crippen LogP contribution >= 0.6 is 11.6 Å². The van der Waals surface area contributed by atoms with Crippen molar-refractivity contribution in [2.75, 3.05) is 7.05 Å². The van der Waals surface area contributed by atoms with Crippen LogP contribution in [0.25, 0.3) is 0 Å². The van der Waals surface area contributed by atoms with Crippen molar-refractivity contribution in [1.82, 2.24) is 24.5 Å². The molecule has 6 nitrogen and oxygen atoms in total. The maximum absolute atomic E-state index is 12.8. The first-order chi connectivity index (χ1) is 11.6. The van der Waals surface area contributed by atoms with E-state index < -0.39 is 16.9 Å². The Kier molecular flexibility index (Phi) is 5.46. The zero-order valence-electron chi connectivity index (χ0n) is 14.4. The quantitative estimate of drug-likeness (QED) is 0.804. The third-order valence-electron chi connectivity index (χ3n) is 4.02. The van der Waals surface area contributed by atoms with Gasteiger partial charge in [-0.25, -0.2) is 0 Å². The molecule has 0 aliphatic heterocycles. The van der Waals surface area contributed by atoms with E-state index in [1.807, 2.05) is 13.8 Å². The number of hydrogen-bond acceptors (Lipinski definition) is 3. The molecule has 0 radical (unpaired) electrons. The van der Waals surface area contributed by atoms with Crippen LogP contribution in [-0.4, -0.2) is 37.4 Å². The Labute approximate surface area is 148 Å². The van der Waals surface area contributed by atoms with E-state index in [-0.39, 0.29) is 18.1 Å². The van der Waals surface area contributed by atoms with E-state index in [2.05, 4.69) is 10.2 Å². The summed E-state index contributed by atoms with van der Waals surface area (Å²) in [6.45, 7) is 5.96. The van der Waals surface area contributed by atoms with Gasteiger partial charge in [0.05, 0.1) is 16.9 Å². The van der Waals surface area contributed by atoms with Crippen molar-refractivity contribution in [3.05, 3.63) is 33.9 Å². The van der Waals surface area contributed by atoms with Crippen molar-refractivity contribution in [3.8, 4) is 0 Å². The van der Waals surface area contributed by atoms with E-state index >= 15 is 0 Å². The van der Waals surface area contributed by atoms with Crippen molar-refractivity contribution >= 4 is 17.5 Å². The summed E-state index contributed by atoms with van der Waals surface area (Å²) < 4.78 is 41.3. The van der Waals surface area contributed by atoms with Gasteiger partial charge < -0.3 is 4.90 Å². The van der Waals surface area contributed by atoms with Gasteiger partial charge in [0.1, 0.15) is 6.54 Å². The lowest BCUT2D eigenvalue weighted by molar-refractivity contribution is -0.142. The second kappa shape index (κ2) is 7.07. The number of alkyl halides is 3. The van der Waals surface area contributed by atoms with Gasteiger partial charge in [-0.3, -0.25) is 14.2 Å². The Morgan fingerprint density at radius 2 is 1.92 bits per heavy atom. The third kappa shape index (κ3) is 3.97. The minimum atomic E-state index is -4.66. The lowest BCUT2D eigenvalue weighted by Crippen LogP contribution is -2.30. The van der Waals surface area contributed by atoms with Crippen molar-refractivity contribution in [1.29, 1.82) is 0 Å². The summed E-state index contributed by atoms with van der Waals surface area (Å²) in [5.74, 6) is -0.375. The van der Waals surface area contributed by atoms with Crippen LogP contribution in [0.3, 0.4) is 0 Å². The second-order valence-corrected chi connectivity index (χ2v) is 6.10. The molecule has 1 amide bonds. The zero-order valence-corrected chi connectivity index (χ0v) is 15.1. The molecule has 0 spiro atoms. The summed E-state index contributed by atoms with van der Waals surface area (Å²) in [5, 5.41) is 7.16. The number of carbonyl (C=O) groups is 1. The molecule has 0 N–H and O–H groups in total. The molecule has 2 rings (SSSR count). The molecule has 0 aromatic carbocycles. The minimum absolute atomic E-state index is 0.103. The summed E-state index contributed by atoms with van der Waals surface area (Å²) in [5.41, 5.74) is 0.747. The summed E-state index contributed by atoms with van der Waals surface area (Å²) in [6, 6.07) is 0. The molecule has 0 aliphatic rings. The fraction of sp³-hybridized carbons (Fsp3) is 0.533. The lowest BCUT2D eigenvalue weighted by atomic mass is 10.2. The molecule has 2 heterocycles. The van der Waals surface area contributed by atoms with Gasteiger partial charge in [0.2, 0.25) is 5.91 Å². The highest BCUT2D eigenvalue weighted by Crippen LogP contribution is 2.35. The number of amides is 1. The Hall–Kier alpha value is -2.03. The topological polar surface area (TPSA) is 56.0 Å². The van der Waals surface area contributed by atoms with Gasteiger partial charge in [-0.2, -0.15) is 23.4 Å². The van der Waals surface area contributed by atoms with Crippen LogP contribution in [0, 0.1) is 13.8 Å². The molecule has 0 unspecified atom stereocenters. The normalized spacial score (nSPS) is 11.8. The van der Waals surface area contributed by atoms with Gasteiger partial charge in [-0.05, 0) is 20.8 Å². The second-order valence-electron chi connectivity index (χ2n) is 5.72. The highest BCUT2D eigenvalue weighted by molar-refractivity contribution is 6.32. The SMILES string of the molecule is CCn1ncc(CN(C)C(=O)Cn2nc(C(F)(F)F)c(Cl)c2C)c1C. The summed E-state index contributed by atoms with van der Waals surface area (Å²) >= 11 is 5.69. The average Bonchev–Trinajstić information content (AvgIpc) is 3.01. The maximum Gasteiger partial charge on any atom is 0.436 e. The summed E-state index contributed by atoms with van der Waals surface area (Å²) in [6.07, 6.45) is -2.98. The Bertz CT molecular complexity index is 781. The monoisotopic (exact) mass is 377 g/mol.